The van der Waals surface area contributed by atoms with Crippen LogP contribution in [0.15, 0.2) is 96.1 Å². The van der Waals surface area contributed by atoms with Gasteiger partial charge in [0.1, 0.15) is 12.4 Å². The molecule has 0 aliphatic carbocycles. The molecule has 0 fully saturated rings. The van der Waals surface area contributed by atoms with E-state index >= 15 is 0 Å². The Hall–Kier alpha value is -4.45. The van der Waals surface area contributed by atoms with Gasteiger partial charge in [-0.25, -0.2) is 10.2 Å². The molecule has 0 aliphatic heterocycles. The van der Waals surface area contributed by atoms with Crippen LogP contribution in [0.4, 0.5) is 0 Å². The lowest BCUT2D eigenvalue weighted by molar-refractivity contribution is 0.0696. The van der Waals surface area contributed by atoms with E-state index in [9.17, 15) is 14.7 Å². The Morgan fingerprint density at radius 1 is 0.875 bits per heavy atom. The summed E-state index contributed by atoms with van der Waals surface area (Å²) in [6, 6.07) is 27.5. The molecule has 0 bridgehead atoms. The molecule has 1 amide bonds. The predicted octanol–water partition coefficient (Wildman–Crippen LogP) is 4.88. The first-order valence-corrected chi connectivity index (χ1v) is 9.96. The number of carbonyl (C=O) groups is 2. The van der Waals surface area contributed by atoms with Crippen LogP contribution in [0.2, 0.25) is 0 Å². The second kappa shape index (κ2) is 9.57. The van der Waals surface area contributed by atoms with Crippen molar-refractivity contribution < 1.29 is 19.4 Å². The van der Waals surface area contributed by atoms with Crippen molar-refractivity contribution in [1.82, 2.24) is 5.43 Å². The highest BCUT2D eigenvalue weighted by Gasteiger charge is 2.08. The Morgan fingerprint density at radius 2 is 1.59 bits per heavy atom. The van der Waals surface area contributed by atoms with Gasteiger partial charge in [-0.15, -0.1) is 0 Å². The fourth-order valence-electron chi connectivity index (χ4n) is 3.21. The summed E-state index contributed by atoms with van der Waals surface area (Å²) in [5, 5.41) is 15.3. The largest absolute Gasteiger partial charge is 0.489 e. The van der Waals surface area contributed by atoms with Crippen LogP contribution in [0, 0.1) is 0 Å². The molecular weight excluding hydrogens is 404 g/mol. The number of carboxylic acid groups (broad SMARTS) is 1. The summed E-state index contributed by atoms with van der Waals surface area (Å²) in [7, 11) is 0. The van der Waals surface area contributed by atoms with Crippen molar-refractivity contribution in [3.63, 3.8) is 0 Å². The Kier molecular flexibility index (Phi) is 6.22. The van der Waals surface area contributed by atoms with Gasteiger partial charge in [0.05, 0.1) is 11.8 Å². The number of hydrogen-bond donors (Lipinski definition) is 2. The molecular formula is C26H20N2O4. The summed E-state index contributed by atoms with van der Waals surface area (Å²) in [6.07, 6.45) is 1.31. The van der Waals surface area contributed by atoms with E-state index in [1.807, 2.05) is 48.5 Å². The minimum absolute atomic E-state index is 0.112. The Labute approximate surface area is 184 Å². The molecule has 4 aromatic rings. The highest BCUT2D eigenvalue weighted by Crippen LogP contribution is 2.21. The van der Waals surface area contributed by atoms with Gasteiger partial charge >= 0.3 is 5.97 Å². The molecule has 0 spiro atoms. The summed E-state index contributed by atoms with van der Waals surface area (Å²) >= 11 is 0. The lowest BCUT2D eigenvalue weighted by Crippen LogP contribution is -2.17. The normalized spacial score (nSPS) is 10.9. The van der Waals surface area contributed by atoms with Gasteiger partial charge in [-0.2, -0.15) is 5.10 Å². The van der Waals surface area contributed by atoms with Crippen LogP contribution in [-0.2, 0) is 6.61 Å². The Morgan fingerprint density at radius 3 is 2.38 bits per heavy atom. The molecule has 0 atom stereocenters. The molecule has 32 heavy (non-hydrogen) atoms. The second-order valence-corrected chi connectivity index (χ2v) is 7.09. The van der Waals surface area contributed by atoms with Crippen LogP contribution < -0.4 is 10.2 Å². The summed E-state index contributed by atoms with van der Waals surface area (Å²) in [4.78, 5) is 23.5. The van der Waals surface area contributed by atoms with Crippen LogP contribution >= 0.6 is 0 Å². The zero-order valence-electron chi connectivity index (χ0n) is 17.1. The number of fused-ring (bicyclic) bond motifs is 1. The molecule has 6 heteroatoms. The first-order chi connectivity index (χ1) is 15.6. The quantitative estimate of drug-likeness (QED) is 0.327. The molecule has 2 N–H and O–H groups in total. The van der Waals surface area contributed by atoms with Crippen LogP contribution in [0.3, 0.4) is 0 Å². The minimum atomic E-state index is -1.06. The number of carbonyl (C=O) groups excluding carboxylic acids is 1. The van der Waals surface area contributed by atoms with Crippen molar-refractivity contribution in [2.45, 2.75) is 6.61 Å². The summed E-state index contributed by atoms with van der Waals surface area (Å²) in [6.45, 7) is 0.379. The lowest BCUT2D eigenvalue weighted by atomic mass is 10.1. The smallest absolute Gasteiger partial charge is 0.336 e. The third-order valence-electron chi connectivity index (χ3n) is 4.90. The molecule has 0 aromatic heterocycles. The van der Waals surface area contributed by atoms with Crippen LogP contribution in [0.25, 0.3) is 10.8 Å². The van der Waals surface area contributed by atoms with Gasteiger partial charge in [0.2, 0.25) is 0 Å². The average molecular weight is 424 g/mol. The van der Waals surface area contributed by atoms with Crippen LogP contribution in [-0.4, -0.2) is 23.2 Å². The maximum Gasteiger partial charge on any atom is 0.336 e. The molecule has 0 radical (unpaired) electrons. The van der Waals surface area contributed by atoms with Crippen LogP contribution in [0.5, 0.6) is 5.75 Å². The van der Waals surface area contributed by atoms with Crippen molar-refractivity contribution in [3.8, 4) is 5.75 Å². The summed E-state index contributed by atoms with van der Waals surface area (Å²) in [5.41, 5.74) is 4.29. The topological polar surface area (TPSA) is 88.0 Å². The third kappa shape index (κ3) is 4.99. The zero-order valence-corrected chi connectivity index (χ0v) is 17.1. The van der Waals surface area contributed by atoms with E-state index in [4.69, 9.17) is 4.74 Å². The molecule has 4 rings (SSSR count). The highest BCUT2D eigenvalue weighted by molar-refractivity contribution is 5.99. The van der Waals surface area contributed by atoms with E-state index in [2.05, 4.69) is 16.6 Å². The number of carboxylic acids is 1. The van der Waals surface area contributed by atoms with E-state index in [0.717, 1.165) is 22.1 Å². The maximum absolute atomic E-state index is 12.3. The van der Waals surface area contributed by atoms with Gasteiger partial charge in [0.15, 0.2) is 0 Å². The van der Waals surface area contributed by atoms with Crippen LogP contribution in [0.1, 0.15) is 31.8 Å². The zero-order chi connectivity index (χ0) is 22.3. The number of aromatic carboxylic acids is 1. The summed E-state index contributed by atoms with van der Waals surface area (Å²) < 4.78 is 5.87. The van der Waals surface area contributed by atoms with Crippen molar-refractivity contribution in [2.75, 3.05) is 0 Å². The van der Waals surface area contributed by atoms with Crippen molar-refractivity contribution in [1.29, 1.82) is 0 Å². The summed E-state index contributed by atoms with van der Waals surface area (Å²) in [5.74, 6) is -0.669. The minimum Gasteiger partial charge on any atom is -0.489 e. The fourth-order valence-corrected chi connectivity index (χ4v) is 3.21. The standard InChI is InChI=1S/C26H20N2O4/c29-25(28-27-16-22-7-3-4-8-24(22)26(30)31)20-11-9-18(10-12-20)17-32-23-14-13-19-5-1-2-6-21(19)15-23/h1-16H,17H2,(H,28,29)(H,30,31)/b27-16+. The van der Waals surface area contributed by atoms with Crippen molar-refractivity contribution in [3.05, 3.63) is 113 Å². The first kappa shape index (κ1) is 20.8. The Bertz CT molecular complexity index is 1300. The number of rotatable bonds is 7. The van der Waals surface area contributed by atoms with Gasteiger partial charge in [0, 0.05) is 11.1 Å². The SMILES string of the molecule is O=C(N/N=C/c1ccccc1C(=O)O)c1ccc(COc2ccc3ccccc3c2)cc1. The van der Waals surface area contributed by atoms with E-state index in [0.29, 0.717) is 17.7 Å². The molecule has 6 nitrogen and oxygen atoms in total. The second-order valence-electron chi connectivity index (χ2n) is 7.09. The number of nitrogens with one attached hydrogen (secondary N) is 1. The number of amides is 1. The number of nitrogens with zero attached hydrogens (tertiary/aromatic N) is 1. The van der Waals surface area contributed by atoms with Crippen molar-refractivity contribution in [2.24, 2.45) is 5.10 Å². The molecule has 0 unspecified atom stereocenters. The number of hydrazone groups is 1. The van der Waals surface area contributed by atoms with Gasteiger partial charge in [-0.3, -0.25) is 4.79 Å². The van der Waals surface area contributed by atoms with E-state index < -0.39 is 11.9 Å². The van der Waals surface area contributed by atoms with Gasteiger partial charge in [0.25, 0.3) is 5.91 Å². The predicted molar refractivity (Wildman–Crippen MR) is 123 cm³/mol. The van der Waals surface area contributed by atoms with Gasteiger partial charge < -0.3 is 9.84 Å². The molecule has 0 heterocycles. The lowest BCUT2D eigenvalue weighted by Gasteiger charge is -2.08. The number of hydrogen-bond acceptors (Lipinski definition) is 4. The fraction of sp³-hybridized carbons (Fsp3) is 0.0385. The van der Waals surface area contributed by atoms with Gasteiger partial charge in [-0.1, -0.05) is 60.7 Å². The number of benzene rings is 4. The molecule has 0 saturated carbocycles. The van der Waals surface area contributed by atoms with E-state index in [-0.39, 0.29) is 5.56 Å². The third-order valence-corrected chi connectivity index (χ3v) is 4.90. The van der Waals surface area contributed by atoms with E-state index in [1.165, 1.54) is 12.3 Å². The molecule has 0 saturated heterocycles. The molecule has 4 aromatic carbocycles. The first-order valence-electron chi connectivity index (χ1n) is 9.96. The highest BCUT2D eigenvalue weighted by atomic mass is 16.5. The van der Waals surface area contributed by atoms with Gasteiger partial charge in [-0.05, 0) is 46.7 Å². The Balaban J connectivity index is 1.34. The number of ether oxygens (including phenoxy) is 1. The molecule has 0 aliphatic rings. The van der Waals surface area contributed by atoms with Crippen molar-refractivity contribution >= 4 is 28.9 Å². The van der Waals surface area contributed by atoms with E-state index in [1.54, 1.807) is 30.3 Å². The maximum atomic E-state index is 12.3. The molecule has 158 valence electrons. The average Bonchev–Trinajstić information content (AvgIpc) is 2.83. The monoisotopic (exact) mass is 424 g/mol.